The van der Waals surface area contributed by atoms with Crippen molar-refractivity contribution in [1.82, 2.24) is 9.74 Å². The number of aliphatic imine (C=N–C) groups is 1. The first-order chi connectivity index (χ1) is 12.4. The second-order valence-electron chi connectivity index (χ2n) is 5.76. The maximum atomic E-state index is 12.6. The number of ether oxygens (including phenoxy) is 2. The van der Waals surface area contributed by atoms with Crippen molar-refractivity contribution in [2.75, 3.05) is 13.3 Å². The predicted octanol–water partition coefficient (Wildman–Crippen LogP) is 3.71. The van der Waals surface area contributed by atoms with Crippen LogP contribution in [-0.4, -0.2) is 36.4 Å². The summed E-state index contributed by atoms with van der Waals surface area (Å²) < 4.78 is 36.3. The van der Waals surface area contributed by atoms with Gasteiger partial charge in [0.25, 0.3) is 5.91 Å². The summed E-state index contributed by atoms with van der Waals surface area (Å²) in [5, 5.41) is 2.74. The van der Waals surface area contributed by atoms with Gasteiger partial charge >= 0.3 is 6.61 Å². The molecule has 1 saturated carbocycles. The molecule has 2 aliphatic rings. The van der Waals surface area contributed by atoms with Crippen molar-refractivity contribution in [2.24, 2.45) is 10.9 Å². The monoisotopic (exact) mass is 405 g/mol. The molecule has 140 valence electrons. The van der Waals surface area contributed by atoms with Gasteiger partial charge in [0.15, 0.2) is 11.5 Å². The van der Waals surface area contributed by atoms with E-state index >= 15 is 0 Å². The standard InChI is InChI=1S/C16H15Cl2F2N3O3/c17-11-6-21-8-23(18)14(11)22-15(24)10-3-4-12(26-16(19)20)13(5-10)25-7-9-1-2-9/h3-6,9,16H,1-2,7-8H2,(H,22,24). The van der Waals surface area contributed by atoms with E-state index in [0.29, 0.717) is 12.5 Å². The van der Waals surface area contributed by atoms with Crippen molar-refractivity contribution >= 4 is 35.5 Å². The Hall–Kier alpha value is -2.06. The van der Waals surface area contributed by atoms with Gasteiger partial charge in [0, 0.05) is 23.6 Å². The van der Waals surface area contributed by atoms with Gasteiger partial charge in [-0.2, -0.15) is 8.78 Å². The van der Waals surface area contributed by atoms with Gasteiger partial charge in [0.1, 0.15) is 17.5 Å². The predicted molar refractivity (Wildman–Crippen MR) is 92.7 cm³/mol. The lowest BCUT2D eigenvalue weighted by molar-refractivity contribution is -0.0515. The Morgan fingerprint density at radius 2 is 2.15 bits per heavy atom. The van der Waals surface area contributed by atoms with Crippen LogP contribution >= 0.6 is 23.4 Å². The maximum absolute atomic E-state index is 12.6. The first-order valence-electron chi connectivity index (χ1n) is 7.80. The summed E-state index contributed by atoms with van der Waals surface area (Å²) in [6, 6.07) is 3.96. The second-order valence-corrected chi connectivity index (χ2v) is 6.58. The third-order valence-electron chi connectivity index (χ3n) is 3.70. The second kappa shape index (κ2) is 8.09. The molecule has 0 aromatic heterocycles. The number of hydrogen-bond acceptors (Lipinski definition) is 5. The van der Waals surface area contributed by atoms with Crippen LogP contribution in [0.2, 0.25) is 0 Å². The van der Waals surface area contributed by atoms with Crippen molar-refractivity contribution < 1.29 is 23.0 Å². The fourth-order valence-corrected chi connectivity index (χ4v) is 2.64. The number of carbonyl (C=O) groups is 1. The van der Waals surface area contributed by atoms with Crippen LogP contribution in [0.15, 0.2) is 34.0 Å². The van der Waals surface area contributed by atoms with Crippen LogP contribution in [0.25, 0.3) is 0 Å². The quantitative estimate of drug-likeness (QED) is 0.702. The summed E-state index contributed by atoms with van der Waals surface area (Å²) in [5.41, 5.74) is 0.182. The minimum absolute atomic E-state index is 0.0814. The number of halogens is 4. The number of hydrogen-bond donors (Lipinski definition) is 1. The minimum Gasteiger partial charge on any atom is -0.489 e. The molecule has 1 aromatic rings. The molecule has 26 heavy (non-hydrogen) atoms. The molecule has 0 saturated heterocycles. The summed E-state index contributed by atoms with van der Waals surface area (Å²) in [5.74, 6) is 0.0129. The lowest BCUT2D eigenvalue weighted by Gasteiger charge is -2.22. The van der Waals surface area contributed by atoms with Crippen LogP contribution < -0.4 is 14.8 Å². The molecule has 0 bridgehead atoms. The molecule has 1 N–H and O–H groups in total. The molecule has 1 aliphatic carbocycles. The average Bonchev–Trinajstić information content (AvgIpc) is 3.41. The van der Waals surface area contributed by atoms with Gasteiger partial charge in [-0.3, -0.25) is 9.79 Å². The van der Waals surface area contributed by atoms with Gasteiger partial charge in [-0.1, -0.05) is 11.6 Å². The van der Waals surface area contributed by atoms with E-state index in [-0.39, 0.29) is 34.6 Å². The first kappa shape index (κ1) is 18.7. The van der Waals surface area contributed by atoms with E-state index in [1.54, 1.807) is 0 Å². The zero-order chi connectivity index (χ0) is 18.7. The maximum Gasteiger partial charge on any atom is 0.387 e. The normalized spacial score (nSPS) is 16.9. The van der Waals surface area contributed by atoms with Crippen LogP contribution in [0.3, 0.4) is 0 Å². The van der Waals surface area contributed by atoms with Crippen LogP contribution in [0.4, 0.5) is 8.78 Å². The SMILES string of the molecule is O=C(NC1=C(Cl)C=NCN1Cl)c1ccc(OC(F)F)c(OCC2CC2)c1. The summed E-state index contributed by atoms with van der Waals surface area (Å²) >= 11 is 11.9. The molecule has 3 rings (SSSR count). The van der Waals surface area contributed by atoms with Crippen molar-refractivity contribution in [1.29, 1.82) is 0 Å². The molecule has 1 amide bonds. The van der Waals surface area contributed by atoms with Gasteiger partial charge in [-0.25, -0.2) is 4.42 Å². The molecule has 1 heterocycles. The van der Waals surface area contributed by atoms with E-state index in [4.69, 9.17) is 28.1 Å². The van der Waals surface area contributed by atoms with E-state index in [1.807, 2.05) is 0 Å². The molecule has 1 aliphatic heterocycles. The number of nitrogens with zero attached hydrogens (tertiary/aromatic N) is 2. The van der Waals surface area contributed by atoms with E-state index in [0.717, 1.165) is 17.3 Å². The third-order valence-corrected chi connectivity index (χ3v) is 4.26. The Morgan fingerprint density at radius 3 is 2.81 bits per heavy atom. The highest BCUT2D eigenvalue weighted by atomic mass is 35.5. The van der Waals surface area contributed by atoms with Crippen molar-refractivity contribution in [3.05, 3.63) is 34.6 Å². The van der Waals surface area contributed by atoms with E-state index in [1.165, 1.54) is 24.4 Å². The summed E-state index contributed by atoms with van der Waals surface area (Å²) in [6.45, 7) is -2.48. The Kier molecular flexibility index (Phi) is 5.83. The largest absolute Gasteiger partial charge is 0.489 e. The highest BCUT2D eigenvalue weighted by Gasteiger charge is 2.24. The highest BCUT2D eigenvalue weighted by molar-refractivity contribution is 6.40. The molecule has 10 heteroatoms. The smallest absolute Gasteiger partial charge is 0.387 e. The lowest BCUT2D eigenvalue weighted by Crippen LogP contribution is -2.33. The van der Waals surface area contributed by atoms with Crippen LogP contribution in [0.1, 0.15) is 23.2 Å². The number of allylic oxidation sites excluding steroid dienone is 1. The Labute approximate surface area is 158 Å². The summed E-state index contributed by atoms with van der Waals surface area (Å²) in [7, 11) is 0. The molecular weight excluding hydrogens is 391 g/mol. The average molecular weight is 406 g/mol. The van der Waals surface area contributed by atoms with Crippen molar-refractivity contribution in [3.8, 4) is 11.5 Å². The van der Waals surface area contributed by atoms with Crippen LogP contribution in [-0.2, 0) is 0 Å². The Balaban J connectivity index is 1.78. The molecule has 0 spiro atoms. The van der Waals surface area contributed by atoms with Crippen molar-refractivity contribution in [2.45, 2.75) is 19.5 Å². The molecule has 1 fully saturated rings. The van der Waals surface area contributed by atoms with Gasteiger partial charge in [-0.05, 0) is 37.0 Å². The number of amides is 1. The topological polar surface area (TPSA) is 63.2 Å². The zero-order valence-corrected chi connectivity index (χ0v) is 14.9. The highest BCUT2D eigenvalue weighted by Crippen LogP contribution is 2.34. The number of carbonyl (C=O) groups excluding carboxylic acids is 1. The van der Waals surface area contributed by atoms with Crippen molar-refractivity contribution in [3.63, 3.8) is 0 Å². The number of alkyl halides is 2. The fraction of sp³-hybridized carbons (Fsp3) is 0.375. The van der Waals surface area contributed by atoms with E-state index < -0.39 is 12.5 Å². The van der Waals surface area contributed by atoms with Gasteiger partial charge in [0.05, 0.1) is 6.61 Å². The van der Waals surface area contributed by atoms with E-state index in [2.05, 4.69) is 15.0 Å². The van der Waals surface area contributed by atoms with Crippen LogP contribution in [0.5, 0.6) is 11.5 Å². The third kappa shape index (κ3) is 4.76. The van der Waals surface area contributed by atoms with Crippen LogP contribution in [0, 0.1) is 5.92 Å². The number of rotatable bonds is 7. The van der Waals surface area contributed by atoms with Gasteiger partial charge in [0.2, 0.25) is 0 Å². The molecule has 6 nitrogen and oxygen atoms in total. The molecule has 0 unspecified atom stereocenters. The van der Waals surface area contributed by atoms with Gasteiger partial charge < -0.3 is 14.8 Å². The van der Waals surface area contributed by atoms with Gasteiger partial charge in [-0.15, -0.1) is 0 Å². The first-order valence-corrected chi connectivity index (χ1v) is 8.51. The summed E-state index contributed by atoms with van der Waals surface area (Å²) in [6.07, 6.45) is 3.44. The molecule has 0 radical (unpaired) electrons. The van der Waals surface area contributed by atoms with E-state index in [9.17, 15) is 13.6 Å². The Bertz CT molecular complexity index is 754. The molecule has 0 atom stereocenters. The zero-order valence-electron chi connectivity index (χ0n) is 13.4. The number of nitrogens with one attached hydrogen (secondary N) is 1. The molecular formula is C16H15Cl2F2N3O3. The number of benzene rings is 1. The minimum atomic E-state index is -2.99. The lowest BCUT2D eigenvalue weighted by atomic mass is 10.2. The molecule has 1 aromatic carbocycles. The fourth-order valence-electron chi connectivity index (χ4n) is 2.19. The summed E-state index contributed by atoms with van der Waals surface area (Å²) in [4.78, 5) is 16.4. The Morgan fingerprint density at radius 1 is 1.38 bits per heavy atom.